The normalized spacial score (nSPS) is 35.2. The van der Waals surface area contributed by atoms with Crippen molar-refractivity contribution in [2.24, 2.45) is 40.2 Å². The number of primary amides is 1. The summed E-state index contributed by atoms with van der Waals surface area (Å²) < 4.78 is 0. The first-order chi connectivity index (χ1) is 19.9. The van der Waals surface area contributed by atoms with E-state index < -0.39 is 75.6 Å². The van der Waals surface area contributed by atoms with Gasteiger partial charge in [0.1, 0.15) is 17.8 Å². The van der Waals surface area contributed by atoms with E-state index in [9.17, 15) is 39.6 Å². The van der Waals surface area contributed by atoms with Gasteiger partial charge in [-0.2, -0.15) is 0 Å². The van der Waals surface area contributed by atoms with E-state index in [-0.39, 0.29) is 35.9 Å². The van der Waals surface area contributed by atoms with Gasteiger partial charge in [0.2, 0.25) is 5.91 Å². The molecule has 0 saturated heterocycles. The number of urea groups is 1. The SMILES string of the molecule is C=CCCNC(=O)Nc1cc(C(C)C)c2c(c1O)C(=O)[C@@H]1C(O)[C@@]3(O)C(=O)[C@H](C(N)=O)C(O)[C@H](C(C)C)[C@@]3(C)C[C@@]1(C)C2. The smallest absolute Gasteiger partial charge is 0.319 e. The predicted molar refractivity (Wildman–Crippen MR) is 159 cm³/mol. The fourth-order valence-electron chi connectivity index (χ4n) is 8.69. The third-order valence-corrected chi connectivity index (χ3v) is 10.3. The molecule has 2 fully saturated rings. The lowest BCUT2D eigenvalue weighted by Crippen LogP contribution is -2.79. The third kappa shape index (κ3) is 4.67. The molecule has 2 saturated carbocycles. The Morgan fingerprint density at radius 2 is 1.81 bits per heavy atom. The Hall–Kier alpha value is -3.28. The number of rotatable bonds is 7. The van der Waals surface area contributed by atoms with E-state index in [0.717, 1.165) is 5.56 Å². The minimum atomic E-state index is -2.59. The van der Waals surface area contributed by atoms with Crippen molar-refractivity contribution in [1.82, 2.24) is 5.32 Å². The summed E-state index contributed by atoms with van der Waals surface area (Å²) in [4.78, 5) is 53.2. The number of phenolic OH excluding ortho intramolecular Hbond substituents is 1. The first-order valence-electron chi connectivity index (χ1n) is 14.9. The zero-order chi connectivity index (χ0) is 32.4. The first kappa shape index (κ1) is 32.6. The molecule has 0 bridgehead atoms. The number of Topliss-reactive ketones (excluding diaryl/α,β-unsaturated/α-hetero) is 2. The maximum absolute atomic E-state index is 14.4. The Kier molecular flexibility index (Phi) is 8.36. The molecular weight excluding hydrogens is 554 g/mol. The average Bonchev–Trinajstić information content (AvgIpc) is 2.87. The molecule has 3 aliphatic rings. The quantitative estimate of drug-likeness (QED) is 0.107. The van der Waals surface area contributed by atoms with Gasteiger partial charge in [0.15, 0.2) is 17.2 Å². The number of ketones is 2. The largest absolute Gasteiger partial charge is 0.505 e. The Morgan fingerprint density at radius 3 is 2.35 bits per heavy atom. The number of carbonyl (C=O) groups is 4. The second-order valence-electron chi connectivity index (χ2n) is 13.8. The summed E-state index contributed by atoms with van der Waals surface area (Å²) in [5.41, 5.74) is 1.71. The number of amides is 3. The van der Waals surface area contributed by atoms with Gasteiger partial charge in [-0.15, -0.1) is 6.58 Å². The van der Waals surface area contributed by atoms with Gasteiger partial charge in [-0.3, -0.25) is 14.4 Å². The summed E-state index contributed by atoms with van der Waals surface area (Å²) in [7, 11) is 0. The van der Waals surface area contributed by atoms with Crippen molar-refractivity contribution in [1.29, 1.82) is 0 Å². The summed E-state index contributed by atoms with van der Waals surface area (Å²) in [5.74, 6) is -7.78. The number of nitrogens with one attached hydrogen (secondary N) is 2. The van der Waals surface area contributed by atoms with Crippen LogP contribution in [-0.4, -0.2) is 68.3 Å². The second-order valence-corrected chi connectivity index (χ2v) is 13.8. The lowest BCUT2D eigenvalue weighted by Gasteiger charge is -2.66. The molecule has 236 valence electrons. The van der Waals surface area contributed by atoms with Crippen molar-refractivity contribution >= 4 is 29.2 Å². The van der Waals surface area contributed by atoms with Crippen LogP contribution in [-0.2, 0) is 16.0 Å². The second kappa shape index (κ2) is 11.0. The lowest BCUT2D eigenvalue weighted by molar-refractivity contribution is -0.265. The van der Waals surface area contributed by atoms with Crippen LogP contribution in [0.25, 0.3) is 0 Å². The molecular formula is C32H45N3O8. The third-order valence-electron chi connectivity index (χ3n) is 10.3. The fourth-order valence-corrected chi connectivity index (χ4v) is 8.69. The number of fused-ring (bicyclic) bond motifs is 3. The fraction of sp³-hybridized carbons (Fsp3) is 0.625. The number of aliphatic hydroxyl groups excluding tert-OH is 2. The van der Waals surface area contributed by atoms with Crippen LogP contribution in [0.5, 0.6) is 5.75 Å². The van der Waals surface area contributed by atoms with Crippen LogP contribution in [0.2, 0.25) is 0 Å². The van der Waals surface area contributed by atoms with E-state index in [1.54, 1.807) is 39.8 Å². The highest BCUT2D eigenvalue weighted by Crippen LogP contribution is 2.66. The van der Waals surface area contributed by atoms with Crippen molar-refractivity contribution in [2.75, 3.05) is 11.9 Å². The first-order valence-corrected chi connectivity index (χ1v) is 14.9. The van der Waals surface area contributed by atoms with E-state index in [0.29, 0.717) is 18.5 Å². The molecule has 1 aromatic rings. The highest BCUT2D eigenvalue weighted by molar-refractivity contribution is 6.10. The molecule has 0 aromatic heterocycles. The molecule has 43 heavy (non-hydrogen) atoms. The molecule has 0 radical (unpaired) electrons. The van der Waals surface area contributed by atoms with Gasteiger partial charge in [0.25, 0.3) is 0 Å². The van der Waals surface area contributed by atoms with Crippen LogP contribution >= 0.6 is 0 Å². The topological polar surface area (TPSA) is 199 Å². The van der Waals surface area contributed by atoms with E-state index in [4.69, 9.17) is 5.73 Å². The molecule has 1 aromatic carbocycles. The van der Waals surface area contributed by atoms with Gasteiger partial charge in [-0.25, -0.2) is 4.79 Å². The van der Waals surface area contributed by atoms with E-state index in [1.807, 2.05) is 13.8 Å². The molecule has 4 rings (SSSR count). The number of nitrogens with two attached hydrogens (primary N) is 1. The monoisotopic (exact) mass is 599 g/mol. The molecule has 2 unspecified atom stereocenters. The van der Waals surface area contributed by atoms with Crippen molar-refractivity contribution in [3.8, 4) is 5.75 Å². The zero-order valence-corrected chi connectivity index (χ0v) is 25.7. The number of anilines is 1. The summed E-state index contributed by atoms with van der Waals surface area (Å²) in [6.45, 7) is 14.8. The maximum Gasteiger partial charge on any atom is 0.319 e. The van der Waals surface area contributed by atoms with Gasteiger partial charge < -0.3 is 36.8 Å². The van der Waals surface area contributed by atoms with Crippen molar-refractivity contribution in [3.63, 3.8) is 0 Å². The summed E-state index contributed by atoms with van der Waals surface area (Å²) in [6.07, 6.45) is -1.02. The van der Waals surface area contributed by atoms with E-state index in [1.165, 1.54) is 0 Å². The number of hydrogen-bond acceptors (Lipinski definition) is 8. The molecule has 0 aliphatic heterocycles. The van der Waals surface area contributed by atoms with Gasteiger partial charge in [-0.05, 0) is 59.6 Å². The number of hydrogen-bond donors (Lipinski definition) is 7. The lowest BCUT2D eigenvalue weighted by atomic mass is 9.39. The molecule has 8 N–H and O–H groups in total. The van der Waals surface area contributed by atoms with E-state index >= 15 is 0 Å². The Morgan fingerprint density at radius 1 is 1.19 bits per heavy atom. The van der Waals surface area contributed by atoms with Crippen molar-refractivity contribution in [3.05, 3.63) is 35.4 Å². The van der Waals surface area contributed by atoms with Crippen molar-refractivity contribution in [2.45, 2.75) is 84.5 Å². The Labute approximate surface area is 251 Å². The van der Waals surface area contributed by atoms with E-state index in [2.05, 4.69) is 17.2 Å². The highest BCUT2D eigenvalue weighted by Gasteiger charge is 2.76. The average molecular weight is 600 g/mol. The predicted octanol–water partition coefficient (Wildman–Crippen LogP) is 2.39. The van der Waals surface area contributed by atoms with Crippen LogP contribution < -0.4 is 16.4 Å². The van der Waals surface area contributed by atoms with Crippen LogP contribution in [0.3, 0.4) is 0 Å². The number of benzene rings is 1. The summed E-state index contributed by atoms with van der Waals surface area (Å²) >= 11 is 0. The van der Waals surface area contributed by atoms with Gasteiger partial charge in [0, 0.05) is 12.0 Å². The molecule has 3 amide bonds. The molecule has 11 nitrogen and oxygen atoms in total. The van der Waals surface area contributed by atoms with Gasteiger partial charge in [-0.1, -0.05) is 47.6 Å². The van der Waals surface area contributed by atoms with Crippen LogP contribution in [0.15, 0.2) is 18.7 Å². The van der Waals surface area contributed by atoms with Gasteiger partial charge >= 0.3 is 6.03 Å². The minimum absolute atomic E-state index is 0.00915. The Bertz CT molecular complexity index is 1370. The summed E-state index contributed by atoms with van der Waals surface area (Å²) in [6, 6.07) is 1.05. The van der Waals surface area contributed by atoms with Crippen molar-refractivity contribution < 1.29 is 39.6 Å². The standard InChI is InChI=1S/C32H45N3O8/c1-8-9-10-34-29(42)35-18-11-16(14(2)3)17-12-30(6)13-31(7)21(15(4)5)25(38)20(28(33)41)26(39)32(31,43)27(40)22(30)24(37)19(17)23(18)36/h8,11,14-15,20-22,25,27,36,38,40,43H,1,9-10,12-13H2,2-7H3,(H2,33,41)(H2,34,35,42)/t20-,21+,22-,25?,27?,30-,31-,32+/m1/s1. The van der Waals surface area contributed by atoms with Crippen LogP contribution in [0.1, 0.15) is 81.8 Å². The number of carbonyl (C=O) groups excluding carboxylic acids is 4. The molecule has 11 heteroatoms. The zero-order valence-electron chi connectivity index (χ0n) is 25.7. The molecule has 8 atom stereocenters. The molecule has 0 heterocycles. The maximum atomic E-state index is 14.4. The minimum Gasteiger partial charge on any atom is -0.505 e. The number of phenols is 1. The van der Waals surface area contributed by atoms with Crippen LogP contribution in [0, 0.1) is 34.5 Å². The number of aliphatic hydroxyl groups is 3. The summed E-state index contributed by atoms with van der Waals surface area (Å²) in [5, 5.41) is 52.1. The molecule has 3 aliphatic carbocycles. The number of aromatic hydroxyl groups is 1. The Balaban J connectivity index is 1.90. The van der Waals surface area contributed by atoms with Crippen LogP contribution in [0.4, 0.5) is 10.5 Å². The molecule has 0 spiro atoms. The highest BCUT2D eigenvalue weighted by atomic mass is 16.4. The van der Waals surface area contributed by atoms with Gasteiger partial charge in [0.05, 0.1) is 23.3 Å².